The maximum Gasteiger partial charge on any atom is 0.169 e. The SMILES string of the molecule is Cc1cccc(C2=CC(=N)N=N2)c1. The zero-order valence-electron chi connectivity index (χ0n) is 7.28. The molecule has 13 heavy (non-hydrogen) atoms. The molecule has 0 aliphatic carbocycles. The Hall–Kier alpha value is -1.77. The van der Waals surface area contributed by atoms with Crippen LogP contribution in [0.1, 0.15) is 11.1 Å². The first-order valence-electron chi connectivity index (χ1n) is 4.05. The summed E-state index contributed by atoms with van der Waals surface area (Å²) in [6.45, 7) is 2.03. The molecule has 0 saturated carbocycles. The van der Waals surface area contributed by atoms with Gasteiger partial charge in [-0.2, -0.15) is 0 Å². The molecule has 0 fully saturated rings. The van der Waals surface area contributed by atoms with E-state index in [1.165, 1.54) is 5.56 Å². The van der Waals surface area contributed by atoms with Crippen LogP contribution in [-0.4, -0.2) is 5.84 Å². The topological polar surface area (TPSA) is 48.6 Å². The maximum absolute atomic E-state index is 7.25. The molecule has 1 aliphatic heterocycles. The quantitative estimate of drug-likeness (QED) is 0.675. The highest BCUT2D eigenvalue weighted by Crippen LogP contribution is 2.21. The van der Waals surface area contributed by atoms with Gasteiger partial charge in [-0.25, -0.2) is 0 Å². The summed E-state index contributed by atoms with van der Waals surface area (Å²) < 4.78 is 0. The number of nitrogens with zero attached hydrogens (tertiary/aromatic N) is 2. The number of hydrogen-bond donors (Lipinski definition) is 1. The van der Waals surface area contributed by atoms with E-state index in [1.54, 1.807) is 6.08 Å². The normalized spacial score (nSPS) is 14.8. The molecule has 1 heterocycles. The third kappa shape index (κ3) is 1.54. The maximum atomic E-state index is 7.25. The predicted octanol–water partition coefficient (Wildman–Crippen LogP) is 2.78. The Kier molecular flexibility index (Phi) is 1.77. The average molecular weight is 171 g/mol. The van der Waals surface area contributed by atoms with Gasteiger partial charge in [0.2, 0.25) is 0 Å². The number of azo groups is 1. The van der Waals surface area contributed by atoms with E-state index in [2.05, 4.69) is 10.2 Å². The van der Waals surface area contributed by atoms with Gasteiger partial charge in [-0.15, -0.1) is 10.2 Å². The molecule has 0 spiro atoms. The Morgan fingerprint density at radius 3 is 2.69 bits per heavy atom. The third-order valence-electron chi connectivity index (χ3n) is 1.85. The number of amidine groups is 1. The second kappa shape index (κ2) is 2.94. The van der Waals surface area contributed by atoms with E-state index in [1.807, 2.05) is 31.2 Å². The van der Waals surface area contributed by atoms with Crippen molar-refractivity contribution in [2.75, 3.05) is 0 Å². The Labute approximate surface area is 76.3 Å². The Bertz CT molecular complexity index is 416. The Morgan fingerprint density at radius 2 is 2.08 bits per heavy atom. The van der Waals surface area contributed by atoms with Gasteiger partial charge in [-0.1, -0.05) is 23.8 Å². The van der Waals surface area contributed by atoms with Crippen LogP contribution in [0.4, 0.5) is 0 Å². The van der Waals surface area contributed by atoms with Crippen LogP contribution in [0.5, 0.6) is 0 Å². The molecule has 0 bridgehead atoms. The van der Waals surface area contributed by atoms with Crippen molar-refractivity contribution in [2.45, 2.75) is 6.92 Å². The van der Waals surface area contributed by atoms with Crippen LogP contribution in [0.3, 0.4) is 0 Å². The van der Waals surface area contributed by atoms with Crippen molar-refractivity contribution in [1.29, 1.82) is 5.41 Å². The molecule has 1 aromatic carbocycles. The summed E-state index contributed by atoms with van der Waals surface area (Å²) in [5.41, 5.74) is 2.98. The van der Waals surface area contributed by atoms with Crippen molar-refractivity contribution in [3.05, 3.63) is 41.5 Å². The number of benzene rings is 1. The third-order valence-corrected chi connectivity index (χ3v) is 1.85. The Morgan fingerprint density at radius 1 is 1.23 bits per heavy atom. The van der Waals surface area contributed by atoms with E-state index in [0.29, 0.717) is 0 Å². The van der Waals surface area contributed by atoms with E-state index >= 15 is 0 Å². The van der Waals surface area contributed by atoms with E-state index in [9.17, 15) is 0 Å². The predicted molar refractivity (Wildman–Crippen MR) is 51.7 cm³/mol. The van der Waals surface area contributed by atoms with Crippen LogP contribution < -0.4 is 0 Å². The van der Waals surface area contributed by atoms with Gasteiger partial charge in [0.25, 0.3) is 0 Å². The summed E-state index contributed by atoms with van der Waals surface area (Å²) in [4.78, 5) is 0. The summed E-state index contributed by atoms with van der Waals surface area (Å²) in [5.74, 6) is 0.219. The van der Waals surface area contributed by atoms with Crippen LogP contribution in [-0.2, 0) is 0 Å². The molecule has 0 radical (unpaired) electrons. The van der Waals surface area contributed by atoms with Crippen molar-refractivity contribution in [1.82, 2.24) is 0 Å². The lowest BCUT2D eigenvalue weighted by Crippen LogP contribution is -1.81. The second-order valence-electron chi connectivity index (χ2n) is 2.98. The van der Waals surface area contributed by atoms with Crippen LogP contribution in [0.15, 0.2) is 40.6 Å². The standard InChI is InChI=1S/C10H9N3/c1-7-3-2-4-8(5-7)9-6-10(11)13-12-9/h2-6,11H,1H3. The first-order chi connectivity index (χ1) is 6.25. The van der Waals surface area contributed by atoms with Crippen molar-refractivity contribution in [3.8, 4) is 0 Å². The van der Waals surface area contributed by atoms with Crippen molar-refractivity contribution in [3.63, 3.8) is 0 Å². The van der Waals surface area contributed by atoms with Gasteiger partial charge < -0.3 is 0 Å². The number of rotatable bonds is 1. The summed E-state index contributed by atoms with van der Waals surface area (Å²) in [5, 5.41) is 14.8. The van der Waals surface area contributed by atoms with Gasteiger partial charge in [-0.3, -0.25) is 5.41 Å². The molecule has 2 rings (SSSR count). The molecular formula is C10H9N3. The molecule has 1 aliphatic rings. The first-order valence-corrected chi connectivity index (χ1v) is 4.05. The van der Waals surface area contributed by atoms with Gasteiger partial charge in [0.15, 0.2) is 5.84 Å². The second-order valence-corrected chi connectivity index (χ2v) is 2.98. The van der Waals surface area contributed by atoms with Gasteiger partial charge in [0.1, 0.15) is 0 Å². The molecule has 3 nitrogen and oxygen atoms in total. The van der Waals surface area contributed by atoms with Crippen LogP contribution in [0, 0.1) is 12.3 Å². The molecular weight excluding hydrogens is 162 g/mol. The summed E-state index contributed by atoms with van der Waals surface area (Å²) in [6, 6.07) is 8.00. The van der Waals surface area contributed by atoms with E-state index in [4.69, 9.17) is 5.41 Å². The highest BCUT2D eigenvalue weighted by atomic mass is 15.2. The minimum Gasteiger partial charge on any atom is -0.281 e. The lowest BCUT2D eigenvalue weighted by molar-refractivity contribution is 1.30. The average Bonchev–Trinajstić information content (AvgIpc) is 2.52. The van der Waals surface area contributed by atoms with Crippen LogP contribution in [0.2, 0.25) is 0 Å². The highest BCUT2D eigenvalue weighted by Gasteiger charge is 2.07. The van der Waals surface area contributed by atoms with Gasteiger partial charge in [0, 0.05) is 11.6 Å². The summed E-state index contributed by atoms with van der Waals surface area (Å²) in [7, 11) is 0. The molecule has 3 heteroatoms. The minimum atomic E-state index is 0.219. The molecule has 0 saturated heterocycles. The van der Waals surface area contributed by atoms with Gasteiger partial charge in [-0.05, 0) is 13.0 Å². The molecule has 64 valence electrons. The van der Waals surface area contributed by atoms with E-state index in [0.717, 1.165) is 11.3 Å². The number of hydrogen-bond acceptors (Lipinski definition) is 2. The zero-order valence-corrected chi connectivity index (χ0v) is 7.28. The fraction of sp³-hybridized carbons (Fsp3) is 0.100. The van der Waals surface area contributed by atoms with Crippen LogP contribution in [0.25, 0.3) is 5.70 Å². The monoisotopic (exact) mass is 171 g/mol. The lowest BCUT2D eigenvalue weighted by atomic mass is 10.1. The number of nitrogens with one attached hydrogen (secondary N) is 1. The fourth-order valence-corrected chi connectivity index (χ4v) is 1.24. The van der Waals surface area contributed by atoms with Crippen molar-refractivity contribution >= 4 is 11.5 Å². The summed E-state index contributed by atoms with van der Waals surface area (Å²) in [6.07, 6.45) is 1.66. The fourth-order valence-electron chi connectivity index (χ4n) is 1.24. The first kappa shape index (κ1) is 7.86. The van der Waals surface area contributed by atoms with Crippen LogP contribution >= 0.6 is 0 Å². The molecule has 0 atom stereocenters. The van der Waals surface area contributed by atoms with Crippen molar-refractivity contribution in [2.24, 2.45) is 10.2 Å². The van der Waals surface area contributed by atoms with E-state index in [-0.39, 0.29) is 5.84 Å². The van der Waals surface area contributed by atoms with E-state index < -0.39 is 0 Å². The lowest BCUT2D eigenvalue weighted by Gasteiger charge is -1.97. The van der Waals surface area contributed by atoms with Gasteiger partial charge in [0.05, 0.1) is 5.70 Å². The molecule has 1 aromatic rings. The highest BCUT2D eigenvalue weighted by molar-refractivity contribution is 6.00. The molecule has 0 aromatic heterocycles. The largest absolute Gasteiger partial charge is 0.281 e. The smallest absolute Gasteiger partial charge is 0.169 e. The number of aryl methyl sites for hydroxylation is 1. The molecule has 0 unspecified atom stereocenters. The minimum absolute atomic E-state index is 0.219. The zero-order chi connectivity index (χ0) is 9.26. The Balaban J connectivity index is 2.42. The molecule has 1 N–H and O–H groups in total. The van der Waals surface area contributed by atoms with Crippen molar-refractivity contribution < 1.29 is 0 Å². The van der Waals surface area contributed by atoms with Gasteiger partial charge >= 0.3 is 0 Å². The molecule has 0 amide bonds. The summed E-state index contributed by atoms with van der Waals surface area (Å²) >= 11 is 0.